The van der Waals surface area contributed by atoms with Crippen molar-refractivity contribution in [3.8, 4) is 0 Å². The monoisotopic (exact) mass is 754 g/mol. The van der Waals surface area contributed by atoms with Gasteiger partial charge in [-0.2, -0.15) is 27.0 Å². The molecule has 1 saturated heterocycles. The SMILES string of the molecule is NCCCCN(C[C@H]1CN(CC[C@H](CC(=O)C2CCC(F)(F)CC2)c2ccccc2)CCN1Cc1ccncc1)[C@H]1CCCc2cccnc21.S.S. The van der Waals surface area contributed by atoms with E-state index in [2.05, 4.69) is 56.1 Å². The van der Waals surface area contributed by atoms with E-state index in [1.807, 2.05) is 36.8 Å². The molecular weight excluding hydrogens is 695 g/mol. The largest absolute Gasteiger partial charge is 0.330 e. The number of alkyl halides is 2. The van der Waals surface area contributed by atoms with Gasteiger partial charge in [0.1, 0.15) is 5.78 Å². The summed E-state index contributed by atoms with van der Waals surface area (Å²) in [6.45, 7) is 7.34. The highest BCUT2D eigenvalue weighted by molar-refractivity contribution is 7.59. The van der Waals surface area contributed by atoms with Crippen molar-refractivity contribution in [1.82, 2.24) is 24.7 Å². The molecule has 2 aromatic heterocycles. The van der Waals surface area contributed by atoms with Crippen molar-refractivity contribution in [2.45, 2.75) is 101 Å². The topological polar surface area (TPSA) is 78.6 Å². The van der Waals surface area contributed by atoms with Crippen molar-refractivity contribution in [2.75, 3.05) is 45.8 Å². The summed E-state index contributed by atoms with van der Waals surface area (Å²) in [7, 11) is 0. The molecule has 286 valence electrons. The molecule has 3 heterocycles. The molecule has 52 heavy (non-hydrogen) atoms. The Morgan fingerprint density at radius 2 is 1.73 bits per heavy atom. The Morgan fingerprint density at radius 3 is 2.48 bits per heavy atom. The molecule has 1 saturated carbocycles. The van der Waals surface area contributed by atoms with Gasteiger partial charge in [-0.1, -0.05) is 36.4 Å². The van der Waals surface area contributed by atoms with Gasteiger partial charge in [-0.3, -0.25) is 24.6 Å². The minimum atomic E-state index is -2.62. The normalized spacial score (nSPS) is 21.5. The molecule has 0 unspecified atom stereocenters. The molecule has 0 spiro atoms. The number of piperazine rings is 1. The number of unbranched alkanes of at least 4 members (excludes halogenated alkanes) is 1. The van der Waals surface area contributed by atoms with E-state index in [0.717, 1.165) is 77.9 Å². The number of hydrogen-bond donors (Lipinski definition) is 1. The van der Waals surface area contributed by atoms with Gasteiger partial charge >= 0.3 is 0 Å². The number of nitrogens with two attached hydrogens (primary N) is 1. The van der Waals surface area contributed by atoms with Gasteiger partial charge < -0.3 is 10.6 Å². The first-order chi connectivity index (χ1) is 24.4. The number of benzene rings is 1. The van der Waals surface area contributed by atoms with Crippen LogP contribution in [0.5, 0.6) is 0 Å². The third-order valence-corrected chi connectivity index (χ3v) is 11.5. The Kier molecular flexibility index (Phi) is 17.0. The molecular formula is C41H60F2N6OS2. The Morgan fingerprint density at radius 1 is 0.962 bits per heavy atom. The van der Waals surface area contributed by atoms with E-state index >= 15 is 0 Å². The molecule has 0 amide bonds. The number of carbonyl (C=O) groups excluding carboxylic acids is 1. The second kappa shape index (κ2) is 20.9. The van der Waals surface area contributed by atoms with Crippen LogP contribution < -0.4 is 5.73 Å². The number of hydrogen-bond acceptors (Lipinski definition) is 7. The molecule has 11 heteroatoms. The molecule has 0 bridgehead atoms. The average Bonchev–Trinajstić information content (AvgIpc) is 3.14. The zero-order valence-corrected chi connectivity index (χ0v) is 32.7. The highest BCUT2D eigenvalue weighted by Gasteiger charge is 2.38. The molecule has 6 rings (SSSR count). The predicted octanol–water partition coefficient (Wildman–Crippen LogP) is 7.27. The van der Waals surface area contributed by atoms with Gasteiger partial charge in [-0.05, 0) is 112 Å². The number of pyridine rings is 2. The highest BCUT2D eigenvalue weighted by atomic mass is 32.1. The lowest BCUT2D eigenvalue weighted by Gasteiger charge is -2.45. The van der Waals surface area contributed by atoms with Crippen molar-refractivity contribution < 1.29 is 13.6 Å². The summed E-state index contributed by atoms with van der Waals surface area (Å²) in [6, 6.07) is 19.5. The molecule has 1 aliphatic heterocycles. The number of ketones is 1. The lowest BCUT2D eigenvalue weighted by Crippen LogP contribution is -2.57. The van der Waals surface area contributed by atoms with E-state index in [1.54, 1.807) is 0 Å². The maximum atomic E-state index is 13.9. The van der Waals surface area contributed by atoms with Gasteiger partial charge in [-0.25, -0.2) is 8.78 Å². The van der Waals surface area contributed by atoms with Crippen molar-refractivity contribution in [1.29, 1.82) is 0 Å². The first-order valence-electron chi connectivity index (χ1n) is 19.1. The summed E-state index contributed by atoms with van der Waals surface area (Å²) in [5, 5.41) is 0. The number of nitrogens with zero attached hydrogens (tertiary/aromatic N) is 5. The highest BCUT2D eigenvalue weighted by Crippen LogP contribution is 2.38. The van der Waals surface area contributed by atoms with Crippen molar-refractivity contribution in [2.24, 2.45) is 11.7 Å². The van der Waals surface area contributed by atoms with Crippen LogP contribution in [0.4, 0.5) is 8.78 Å². The van der Waals surface area contributed by atoms with E-state index in [4.69, 9.17) is 10.7 Å². The van der Waals surface area contributed by atoms with Crippen LogP contribution in [-0.4, -0.2) is 88.2 Å². The summed E-state index contributed by atoms with van der Waals surface area (Å²) in [4.78, 5) is 30.6. The first-order valence-corrected chi connectivity index (χ1v) is 19.1. The van der Waals surface area contributed by atoms with Gasteiger partial charge in [0.15, 0.2) is 0 Å². The molecule has 1 aromatic carbocycles. The summed E-state index contributed by atoms with van der Waals surface area (Å²) in [5.41, 5.74) is 11.0. The van der Waals surface area contributed by atoms with E-state index in [9.17, 15) is 13.6 Å². The molecule has 7 nitrogen and oxygen atoms in total. The Balaban J connectivity index is 0.00000302. The van der Waals surface area contributed by atoms with E-state index in [-0.39, 0.29) is 57.5 Å². The van der Waals surface area contributed by atoms with Crippen LogP contribution in [0, 0.1) is 5.92 Å². The smallest absolute Gasteiger partial charge is 0.248 e. The Labute approximate surface area is 324 Å². The number of aryl methyl sites for hydroxylation is 1. The summed E-state index contributed by atoms with van der Waals surface area (Å²) in [5.74, 6) is -2.63. The van der Waals surface area contributed by atoms with Crippen molar-refractivity contribution in [3.05, 3.63) is 95.6 Å². The second-order valence-electron chi connectivity index (χ2n) is 14.9. The van der Waals surface area contributed by atoms with Gasteiger partial charge in [0, 0.05) is 82.5 Å². The molecule has 2 fully saturated rings. The first kappa shape index (κ1) is 42.3. The van der Waals surface area contributed by atoms with Crippen LogP contribution >= 0.6 is 27.0 Å². The van der Waals surface area contributed by atoms with Crippen LogP contribution in [-0.2, 0) is 17.8 Å². The summed E-state index contributed by atoms with van der Waals surface area (Å²) >= 11 is 0. The fourth-order valence-electron chi connectivity index (χ4n) is 8.53. The Bertz CT molecular complexity index is 1480. The fourth-order valence-corrected chi connectivity index (χ4v) is 8.53. The molecule has 3 aliphatic rings. The lowest BCUT2D eigenvalue weighted by atomic mass is 9.79. The van der Waals surface area contributed by atoms with E-state index < -0.39 is 5.92 Å². The van der Waals surface area contributed by atoms with Crippen molar-refractivity contribution >= 4 is 32.8 Å². The minimum absolute atomic E-state index is 0. The standard InChI is InChI=1S/C41H56F2N6O.2H2S/c42-41(43)18-13-34(14-19-41)39(50)28-36(33-8-2-1-3-9-33)17-25-47-26-27-48(29-32-15-22-45-23-16-32)37(30-47)31-49(24-5-4-20-44)38-12-6-10-35-11-7-21-46-40(35)38;;/h1-3,7-9,11,15-16,21-23,34,36-38H,4-6,10,12-14,17-20,24-31,44H2;2*1H2/t36-,37-,38+;;/m1../s1. The van der Waals surface area contributed by atoms with Crippen LogP contribution in [0.1, 0.15) is 98.6 Å². The number of halogens is 2. The van der Waals surface area contributed by atoms with Crippen LogP contribution in [0.3, 0.4) is 0 Å². The fraction of sp³-hybridized carbons (Fsp3) is 0.585. The number of fused-ring (bicyclic) bond motifs is 1. The molecule has 3 atom stereocenters. The number of carbonyl (C=O) groups is 1. The zero-order valence-electron chi connectivity index (χ0n) is 30.7. The molecule has 2 N–H and O–H groups in total. The van der Waals surface area contributed by atoms with Crippen LogP contribution in [0.2, 0.25) is 0 Å². The third-order valence-electron chi connectivity index (χ3n) is 11.5. The molecule has 3 aromatic rings. The average molecular weight is 755 g/mol. The number of aromatic nitrogens is 2. The summed E-state index contributed by atoms with van der Waals surface area (Å²) in [6.07, 6.45) is 12.8. The van der Waals surface area contributed by atoms with Crippen molar-refractivity contribution in [3.63, 3.8) is 0 Å². The second-order valence-corrected chi connectivity index (χ2v) is 14.9. The van der Waals surface area contributed by atoms with Gasteiger partial charge in [0.25, 0.3) is 0 Å². The quantitative estimate of drug-likeness (QED) is 0.154. The summed E-state index contributed by atoms with van der Waals surface area (Å²) < 4.78 is 27.7. The van der Waals surface area contributed by atoms with E-state index in [0.29, 0.717) is 37.9 Å². The molecule has 0 radical (unpaired) electrons. The van der Waals surface area contributed by atoms with Gasteiger partial charge in [0.2, 0.25) is 5.92 Å². The third kappa shape index (κ3) is 11.8. The van der Waals surface area contributed by atoms with E-state index in [1.165, 1.54) is 28.8 Å². The van der Waals surface area contributed by atoms with Gasteiger partial charge in [-0.15, -0.1) is 0 Å². The maximum absolute atomic E-state index is 13.9. The van der Waals surface area contributed by atoms with Crippen LogP contribution in [0.15, 0.2) is 73.2 Å². The minimum Gasteiger partial charge on any atom is -0.330 e. The lowest BCUT2D eigenvalue weighted by molar-refractivity contribution is -0.127. The number of Topliss-reactive ketones (excluding diaryl/α,β-unsaturated/α-hetero) is 1. The zero-order chi connectivity index (χ0) is 34.8. The van der Waals surface area contributed by atoms with Gasteiger partial charge in [0.05, 0.1) is 11.7 Å². The number of rotatable bonds is 16. The van der Waals surface area contributed by atoms with Crippen LogP contribution in [0.25, 0.3) is 0 Å². The molecule has 2 aliphatic carbocycles. The Hall–Kier alpha value is -2.41. The maximum Gasteiger partial charge on any atom is 0.248 e. The predicted molar refractivity (Wildman–Crippen MR) is 216 cm³/mol.